The Balaban J connectivity index is 2.21. The standard InChI is InChI=1S/C17H11N3O/c18-9-13-15(14-6-3-7-21-14)12-8-10-4-1-2-5-11(10)16(12)20-17(13)19/h1-8,20H,19H2. The van der Waals surface area contributed by atoms with Crippen molar-refractivity contribution in [1.29, 1.82) is 5.26 Å². The SMILES string of the molecule is N#Cc1c(N)[nH]c2c3ccccc3cc-2c1-c1ccco1. The molecule has 100 valence electrons. The molecule has 0 saturated heterocycles. The minimum atomic E-state index is 0.354. The fraction of sp³-hybridized carbons (Fsp3) is 0. The molecule has 0 amide bonds. The number of furan rings is 1. The van der Waals surface area contributed by atoms with E-state index in [4.69, 9.17) is 10.2 Å². The van der Waals surface area contributed by atoms with Gasteiger partial charge in [-0.25, -0.2) is 0 Å². The van der Waals surface area contributed by atoms with Crippen LogP contribution in [0.4, 0.5) is 5.82 Å². The Bertz CT molecular complexity index is 958. The average Bonchev–Trinajstić information content (AvgIpc) is 3.13. The molecule has 0 fully saturated rings. The highest BCUT2D eigenvalue weighted by Gasteiger charge is 2.22. The number of fused-ring (bicyclic) bond motifs is 3. The lowest BCUT2D eigenvalue weighted by molar-refractivity contribution is 0.582. The fourth-order valence-corrected chi connectivity index (χ4v) is 2.81. The zero-order chi connectivity index (χ0) is 14.4. The number of aromatic amines is 1. The van der Waals surface area contributed by atoms with Crippen molar-refractivity contribution < 1.29 is 4.42 Å². The normalized spacial score (nSPS) is 11.0. The Kier molecular flexibility index (Phi) is 2.30. The number of hydrogen-bond donors (Lipinski definition) is 2. The highest BCUT2D eigenvalue weighted by molar-refractivity contribution is 6.06. The van der Waals surface area contributed by atoms with Crippen LogP contribution < -0.4 is 5.73 Å². The Morgan fingerprint density at radius 1 is 1.14 bits per heavy atom. The summed E-state index contributed by atoms with van der Waals surface area (Å²) in [5.41, 5.74) is 9.05. The maximum atomic E-state index is 9.44. The van der Waals surface area contributed by atoms with E-state index in [1.54, 1.807) is 12.3 Å². The van der Waals surface area contributed by atoms with Gasteiger partial charge in [-0.05, 0) is 23.6 Å². The van der Waals surface area contributed by atoms with Crippen LogP contribution in [0.15, 0.2) is 53.1 Å². The summed E-state index contributed by atoms with van der Waals surface area (Å²) in [5, 5.41) is 11.6. The highest BCUT2D eigenvalue weighted by atomic mass is 16.3. The van der Waals surface area contributed by atoms with Crippen molar-refractivity contribution in [3.63, 3.8) is 0 Å². The first kappa shape index (κ1) is 11.6. The number of nitrogens with zero attached hydrogens (tertiary/aromatic N) is 1. The van der Waals surface area contributed by atoms with E-state index in [0.717, 1.165) is 27.6 Å². The van der Waals surface area contributed by atoms with Crippen molar-refractivity contribution >= 4 is 16.6 Å². The second kappa shape index (κ2) is 4.15. The molecule has 4 nitrogen and oxygen atoms in total. The first-order chi connectivity index (χ1) is 10.3. The van der Waals surface area contributed by atoms with Gasteiger partial charge in [0.25, 0.3) is 0 Å². The molecule has 2 aromatic rings. The lowest BCUT2D eigenvalue weighted by Crippen LogP contribution is -2.00. The molecule has 0 radical (unpaired) electrons. The van der Waals surface area contributed by atoms with E-state index >= 15 is 0 Å². The zero-order valence-corrected chi connectivity index (χ0v) is 11.1. The number of hydrogen-bond acceptors (Lipinski definition) is 3. The van der Waals surface area contributed by atoms with E-state index in [9.17, 15) is 5.26 Å². The summed E-state index contributed by atoms with van der Waals surface area (Å²) in [5.74, 6) is 1.00. The number of benzene rings is 1. The smallest absolute Gasteiger partial charge is 0.136 e. The topological polar surface area (TPSA) is 78.7 Å². The average molecular weight is 273 g/mol. The number of rotatable bonds is 1. The summed E-state index contributed by atoms with van der Waals surface area (Å²) in [7, 11) is 0. The molecule has 0 spiro atoms. The van der Waals surface area contributed by atoms with Crippen molar-refractivity contribution in [1.82, 2.24) is 4.98 Å². The van der Waals surface area contributed by atoms with Crippen LogP contribution in [0, 0.1) is 11.3 Å². The van der Waals surface area contributed by atoms with Crippen molar-refractivity contribution in [3.05, 3.63) is 54.3 Å². The molecular weight excluding hydrogens is 262 g/mol. The molecule has 4 rings (SSSR count). The third-order valence-electron chi connectivity index (χ3n) is 3.73. The molecule has 3 N–H and O–H groups in total. The molecular formula is C17H11N3O. The maximum absolute atomic E-state index is 9.44. The molecule has 2 heterocycles. The number of anilines is 1. The lowest BCUT2D eigenvalue weighted by Gasteiger charge is -2.11. The Hall–Kier alpha value is -3.19. The molecule has 1 aromatic heterocycles. The first-order valence-corrected chi connectivity index (χ1v) is 6.56. The van der Waals surface area contributed by atoms with Crippen LogP contribution in [0.5, 0.6) is 0 Å². The predicted octanol–water partition coefficient (Wildman–Crippen LogP) is 3.99. The molecule has 4 heteroatoms. The number of H-pyrrole nitrogens is 1. The van der Waals surface area contributed by atoms with Gasteiger partial charge in [0.2, 0.25) is 0 Å². The van der Waals surface area contributed by atoms with E-state index in [-0.39, 0.29) is 0 Å². The molecule has 0 saturated carbocycles. The Labute approximate surface area is 120 Å². The fourth-order valence-electron chi connectivity index (χ4n) is 2.81. The number of nitrogen functional groups attached to an aromatic ring is 1. The van der Waals surface area contributed by atoms with Gasteiger partial charge in [0.05, 0.1) is 12.0 Å². The van der Waals surface area contributed by atoms with Crippen molar-refractivity contribution in [2.75, 3.05) is 5.73 Å². The molecule has 1 aliphatic carbocycles. The number of aromatic nitrogens is 1. The van der Waals surface area contributed by atoms with Gasteiger partial charge in [0.15, 0.2) is 0 Å². The van der Waals surface area contributed by atoms with Gasteiger partial charge in [-0.3, -0.25) is 0 Å². The summed E-state index contributed by atoms with van der Waals surface area (Å²) in [6, 6.07) is 15.9. The van der Waals surface area contributed by atoms with Crippen LogP contribution in [-0.4, -0.2) is 4.98 Å². The van der Waals surface area contributed by atoms with E-state index in [1.165, 1.54) is 0 Å². The minimum absolute atomic E-state index is 0.354. The van der Waals surface area contributed by atoms with Gasteiger partial charge >= 0.3 is 0 Å². The van der Waals surface area contributed by atoms with Crippen molar-refractivity contribution in [2.24, 2.45) is 0 Å². The highest BCUT2D eigenvalue weighted by Crippen LogP contribution is 2.43. The van der Waals surface area contributed by atoms with E-state index < -0.39 is 0 Å². The molecule has 0 bridgehead atoms. The van der Waals surface area contributed by atoms with Gasteiger partial charge < -0.3 is 15.1 Å². The van der Waals surface area contributed by atoms with Crippen molar-refractivity contribution in [3.8, 4) is 28.7 Å². The van der Waals surface area contributed by atoms with E-state index in [2.05, 4.69) is 17.1 Å². The Morgan fingerprint density at radius 2 is 2.00 bits per heavy atom. The molecule has 2 aliphatic rings. The van der Waals surface area contributed by atoms with Crippen LogP contribution in [-0.2, 0) is 0 Å². The van der Waals surface area contributed by atoms with Gasteiger partial charge in [0.1, 0.15) is 23.2 Å². The monoisotopic (exact) mass is 273 g/mol. The quantitative estimate of drug-likeness (QED) is 0.550. The van der Waals surface area contributed by atoms with Crippen LogP contribution in [0.3, 0.4) is 0 Å². The number of nitrogens with one attached hydrogen (secondary N) is 1. The largest absolute Gasteiger partial charge is 0.464 e. The molecule has 1 aromatic carbocycles. The lowest BCUT2D eigenvalue weighted by atomic mass is 9.99. The second-order valence-electron chi connectivity index (χ2n) is 4.90. The number of nitriles is 1. The summed E-state index contributed by atoms with van der Waals surface area (Å²) >= 11 is 0. The number of nitrogens with two attached hydrogens (primary N) is 1. The molecule has 1 aliphatic heterocycles. The second-order valence-corrected chi connectivity index (χ2v) is 4.90. The summed E-state index contributed by atoms with van der Waals surface area (Å²) < 4.78 is 5.50. The first-order valence-electron chi connectivity index (χ1n) is 6.56. The van der Waals surface area contributed by atoms with Crippen LogP contribution in [0.1, 0.15) is 5.56 Å². The van der Waals surface area contributed by atoms with Gasteiger partial charge in [-0.2, -0.15) is 5.26 Å². The van der Waals surface area contributed by atoms with Gasteiger partial charge in [-0.15, -0.1) is 0 Å². The van der Waals surface area contributed by atoms with Crippen molar-refractivity contribution in [2.45, 2.75) is 0 Å². The van der Waals surface area contributed by atoms with Crippen LogP contribution >= 0.6 is 0 Å². The maximum Gasteiger partial charge on any atom is 0.136 e. The minimum Gasteiger partial charge on any atom is -0.464 e. The van der Waals surface area contributed by atoms with E-state index in [0.29, 0.717) is 17.1 Å². The van der Waals surface area contributed by atoms with Gasteiger partial charge in [-0.1, -0.05) is 24.3 Å². The molecule has 0 atom stereocenters. The zero-order valence-electron chi connectivity index (χ0n) is 11.1. The summed E-state index contributed by atoms with van der Waals surface area (Å²) in [4.78, 5) is 3.15. The van der Waals surface area contributed by atoms with E-state index in [1.807, 2.05) is 30.3 Å². The van der Waals surface area contributed by atoms with Gasteiger partial charge in [0, 0.05) is 16.5 Å². The summed E-state index contributed by atoms with van der Waals surface area (Å²) in [6.07, 6.45) is 1.60. The van der Waals surface area contributed by atoms with Crippen LogP contribution in [0.25, 0.3) is 33.4 Å². The summed E-state index contributed by atoms with van der Waals surface area (Å²) in [6.45, 7) is 0. The number of pyridine rings is 1. The molecule has 0 unspecified atom stereocenters. The third-order valence-corrected chi connectivity index (χ3v) is 3.73. The molecule has 21 heavy (non-hydrogen) atoms. The van der Waals surface area contributed by atoms with Crippen LogP contribution in [0.2, 0.25) is 0 Å². The predicted molar refractivity (Wildman–Crippen MR) is 81.8 cm³/mol. The third kappa shape index (κ3) is 1.55. The Morgan fingerprint density at radius 3 is 2.76 bits per heavy atom.